The number of benzene rings is 1. The molecule has 0 spiro atoms. The molecule has 184 valence electrons. The maximum absolute atomic E-state index is 12.8. The molecule has 0 aromatic heterocycles. The van der Waals surface area contributed by atoms with Crippen LogP contribution in [0.4, 0.5) is 0 Å². The van der Waals surface area contributed by atoms with Gasteiger partial charge in [-0.1, -0.05) is 70.4 Å². The molecule has 0 N–H and O–H groups in total. The molecule has 5 nitrogen and oxygen atoms in total. The third-order valence-corrected chi connectivity index (χ3v) is 12.4. The van der Waals surface area contributed by atoms with Crippen molar-refractivity contribution < 1.29 is 18.8 Å². The van der Waals surface area contributed by atoms with Crippen LogP contribution in [0.1, 0.15) is 77.7 Å². The molecule has 33 heavy (non-hydrogen) atoms. The number of nitrogens with zero attached hydrogens (tertiary/aromatic N) is 1. The molecule has 1 amide bonds. The number of likely N-dealkylation sites (tertiary alicyclic amines) is 1. The largest absolute Gasteiger partial charge is 0.459 e. The molecule has 3 rings (SSSR count). The summed E-state index contributed by atoms with van der Waals surface area (Å²) in [4.78, 5) is 27.3. The standard InChI is InChI=1S/C27H43NO4Si/c1-27(2,3)33(4,5)32-24(22-14-10-7-11-15-22)18-19-28-23(16-17-25(28)29)26(30)31-20-21-12-8-6-9-13-21/h6,8-9,12-13,22-24H,7,10-11,14-20H2,1-5H3/t23-,24+/m1/s1. The third-order valence-electron chi connectivity index (χ3n) is 7.91. The number of carbonyl (C=O) groups is 2. The van der Waals surface area contributed by atoms with E-state index >= 15 is 0 Å². The van der Waals surface area contributed by atoms with Crippen LogP contribution in [-0.4, -0.2) is 43.8 Å². The van der Waals surface area contributed by atoms with Crippen LogP contribution in [0.2, 0.25) is 18.1 Å². The second-order valence-electron chi connectivity index (χ2n) is 11.3. The highest BCUT2D eigenvalue weighted by molar-refractivity contribution is 6.74. The maximum atomic E-state index is 12.8. The molecular weight excluding hydrogens is 430 g/mol. The summed E-state index contributed by atoms with van der Waals surface area (Å²) in [5.74, 6) is 0.324. The van der Waals surface area contributed by atoms with Crippen molar-refractivity contribution in [3.63, 3.8) is 0 Å². The van der Waals surface area contributed by atoms with Crippen molar-refractivity contribution in [3.8, 4) is 0 Å². The molecule has 1 heterocycles. The number of esters is 1. The average Bonchev–Trinajstić information content (AvgIpc) is 3.16. The fourth-order valence-corrected chi connectivity index (χ4v) is 6.22. The van der Waals surface area contributed by atoms with Crippen molar-refractivity contribution in [2.45, 2.75) is 109 Å². The van der Waals surface area contributed by atoms with Gasteiger partial charge >= 0.3 is 5.97 Å². The monoisotopic (exact) mass is 473 g/mol. The Morgan fingerprint density at radius 1 is 1.09 bits per heavy atom. The molecule has 0 bridgehead atoms. The molecule has 1 aromatic carbocycles. The Hall–Kier alpha value is -1.66. The summed E-state index contributed by atoms with van der Waals surface area (Å²) in [6, 6.07) is 9.22. The fourth-order valence-electron chi connectivity index (χ4n) is 4.80. The number of carbonyl (C=O) groups excluding carboxylic acids is 2. The first-order valence-corrected chi connectivity index (χ1v) is 15.7. The van der Waals surface area contributed by atoms with Crippen LogP contribution >= 0.6 is 0 Å². The van der Waals surface area contributed by atoms with Gasteiger partial charge in [0.05, 0.1) is 0 Å². The molecule has 6 heteroatoms. The van der Waals surface area contributed by atoms with E-state index in [4.69, 9.17) is 9.16 Å². The minimum atomic E-state index is -1.93. The third kappa shape index (κ3) is 6.92. The Balaban J connectivity index is 1.64. The van der Waals surface area contributed by atoms with Crippen molar-refractivity contribution >= 4 is 20.2 Å². The molecule has 0 unspecified atom stereocenters. The first-order chi connectivity index (χ1) is 15.6. The van der Waals surface area contributed by atoms with Crippen molar-refractivity contribution in [3.05, 3.63) is 35.9 Å². The summed E-state index contributed by atoms with van der Waals surface area (Å²) in [7, 11) is -1.93. The van der Waals surface area contributed by atoms with Crippen LogP contribution in [0.3, 0.4) is 0 Å². The Labute approximate surface area is 201 Å². The lowest BCUT2D eigenvalue weighted by atomic mass is 9.84. The number of ether oxygens (including phenoxy) is 1. The van der Waals surface area contributed by atoms with Crippen molar-refractivity contribution in [1.29, 1.82) is 0 Å². The summed E-state index contributed by atoms with van der Waals surface area (Å²) in [5.41, 5.74) is 0.960. The van der Waals surface area contributed by atoms with Gasteiger partial charge in [0.25, 0.3) is 0 Å². The molecule has 1 aromatic rings. The van der Waals surface area contributed by atoms with E-state index in [1.165, 1.54) is 32.1 Å². The number of rotatable bonds is 9. The van der Waals surface area contributed by atoms with Gasteiger partial charge in [0.15, 0.2) is 8.32 Å². The van der Waals surface area contributed by atoms with E-state index in [9.17, 15) is 9.59 Å². The van der Waals surface area contributed by atoms with Crippen molar-refractivity contribution in [1.82, 2.24) is 4.90 Å². The minimum absolute atomic E-state index is 0.0615. The van der Waals surface area contributed by atoms with E-state index in [1.807, 2.05) is 30.3 Å². The zero-order valence-corrected chi connectivity index (χ0v) is 22.3. The van der Waals surface area contributed by atoms with Gasteiger partial charge in [0.1, 0.15) is 12.6 Å². The predicted molar refractivity (Wildman–Crippen MR) is 134 cm³/mol. The molecule has 0 radical (unpaired) electrons. The van der Waals surface area contributed by atoms with Gasteiger partial charge < -0.3 is 14.1 Å². The Morgan fingerprint density at radius 3 is 2.39 bits per heavy atom. The fraction of sp³-hybridized carbons (Fsp3) is 0.704. The molecule has 2 fully saturated rings. The van der Waals surface area contributed by atoms with Crippen LogP contribution in [0, 0.1) is 5.92 Å². The van der Waals surface area contributed by atoms with Gasteiger partial charge in [-0.3, -0.25) is 4.79 Å². The number of hydrogen-bond donors (Lipinski definition) is 0. The Kier molecular flexibility index (Phi) is 8.79. The Bertz CT molecular complexity index is 783. The summed E-state index contributed by atoms with van der Waals surface area (Å²) >= 11 is 0. The topological polar surface area (TPSA) is 55.8 Å². The summed E-state index contributed by atoms with van der Waals surface area (Å²) in [5, 5.41) is 0.146. The van der Waals surface area contributed by atoms with Gasteiger partial charge in [-0.2, -0.15) is 0 Å². The van der Waals surface area contributed by atoms with E-state index < -0.39 is 14.4 Å². The zero-order valence-electron chi connectivity index (χ0n) is 21.3. The first kappa shape index (κ1) is 26.0. The second kappa shape index (κ2) is 11.2. The SMILES string of the molecule is CC(C)(C)[Si](C)(C)O[C@@H](CCN1C(=O)CC[C@@H]1C(=O)OCc1ccccc1)C1CCCCC1. The van der Waals surface area contributed by atoms with Crippen molar-refractivity contribution in [2.24, 2.45) is 5.92 Å². The van der Waals surface area contributed by atoms with Gasteiger partial charge in [-0.15, -0.1) is 0 Å². The van der Waals surface area contributed by atoms with Gasteiger partial charge in [-0.05, 0) is 55.3 Å². The van der Waals surface area contributed by atoms with E-state index in [0.717, 1.165) is 12.0 Å². The van der Waals surface area contributed by atoms with Crippen LogP contribution in [0.25, 0.3) is 0 Å². The highest BCUT2D eigenvalue weighted by Crippen LogP contribution is 2.40. The molecule has 2 aliphatic rings. The van der Waals surface area contributed by atoms with E-state index in [0.29, 0.717) is 25.3 Å². The van der Waals surface area contributed by atoms with Crippen molar-refractivity contribution in [2.75, 3.05) is 6.54 Å². The molecule has 1 aliphatic carbocycles. The highest BCUT2D eigenvalue weighted by Gasteiger charge is 2.42. The maximum Gasteiger partial charge on any atom is 0.329 e. The van der Waals surface area contributed by atoms with Gasteiger partial charge in [0, 0.05) is 19.1 Å². The summed E-state index contributed by atoms with van der Waals surface area (Å²) < 4.78 is 12.5. The lowest BCUT2D eigenvalue weighted by Gasteiger charge is -2.43. The number of amides is 1. The zero-order chi connectivity index (χ0) is 24.1. The highest BCUT2D eigenvalue weighted by atomic mass is 28.4. The van der Waals surface area contributed by atoms with Gasteiger partial charge in [0.2, 0.25) is 5.91 Å². The van der Waals surface area contributed by atoms with E-state index in [-0.39, 0.29) is 29.6 Å². The average molecular weight is 474 g/mol. The first-order valence-electron chi connectivity index (χ1n) is 12.8. The molecule has 1 saturated carbocycles. The lowest BCUT2D eigenvalue weighted by Crippen LogP contribution is -2.48. The predicted octanol–water partition coefficient (Wildman–Crippen LogP) is 6.08. The molecular formula is C27H43NO4Si. The summed E-state index contributed by atoms with van der Waals surface area (Å²) in [6.07, 6.45) is 8.16. The lowest BCUT2D eigenvalue weighted by molar-refractivity contribution is -0.153. The normalized spacial score (nSPS) is 21.3. The minimum Gasteiger partial charge on any atom is -0.459 e. The summed E-state index contributed by atoms with van der Waals surface area (Å²) in [6.45, 7) is 12.3. The van der Waals surface area contributed by atoms with E-state index in [2.05, 4.69) is 33.9 Å². The van der Waals surface area contributed by atoms with E-state index in [1.54, 1.807) is 4.90 Å². The molecule has 1 saturated heterocycles. The molecule has 1 aliphatic heterocycles. The molecule has 2 atom stereocenters. The van der Waals surface area contributed by atoms with Crippen LogP contribution in [-0.2, 0) is 25.4 Å². The quantitative estimate of drug-likeness (QED) is 0.322. The van der Waals surface area contributed by atoms with Crippen LogP contribution in [0.5, 0.6) is 0 Å². The number of hydrogen-bond acceptors (Lipinski definition) is 4. The van der Waals surface area contributed by atoms with Crippen LogP contribution in [0.15, 0.2) is 30.3 Å². The van der Waals surface area contributed by atoms with Crippen LogP contribution < -0.4 is 0 Å². The smallest absolute Gasteiger partial charge is 0.329 e. The van der Waals surface area contributed by atoms with Gasteiger partial charge in [-0.25, -0.2) is 4.79 Å². The second-order valence-corrected chi connectivity index (χ2v) is 16.1. The Morgan fingerprint density at radius 2 is 1.76 bits per heavy atom.